The van der Waals surface area contributed by atoms with Gasteiger partial charge in [-0.25, -0.2) is 0 Å². The highest BCUT2D eigenvalue weighted by Gasteiger charge is 2.33. The number of carbonyl (C=O) groups is 1. The molecule has 0 unspecified atom stereocenters. The van der Waals surface area contributed by atoms with E-state index < -0.39 is 6.10 Å². The lowest BCUT2D eigenvalue weighted by Gasteiger charge is -2.37. The molecule has 30 heavy (non-hydrogen) atoms. The summed E-state index contributed by atoms with van der Waals surface area (Å²) in [4.78, 5) is 16.9. The van der Waals surface area contributed by atoms with Crippen molar-refractivity contribution in [3.05, 3.63) is 59.6 Å². The molecule has 1 amide bonds. The smallest absolute Gasteiger partial charge is 0.267 e. The molecule has 5 rings (SSSR count). The van der Waals surface area contributed by atoms with Crippen molar-refractivity contribution in [3.8, 4) is 22.8 Å². The zero-order chi connectivity index (χ0) is 20.5. The Morgan fingerprint density at radius 2 is 1.77 bits per heavy atom. The lowest BCUT2D eigenvalue weighted by Crippen LogP contribution is -2.54. The number of para-hydroxylation sites is 2. The SMILES string of the molecule is O=C([C@H]1COc2ccccc2O1)N1CCN(c2cc(-c3ccc(Cl)cc3)[nH]n2)CC1. The van der Waals surface area contributed by atoms with Crippen LogP contribution in [0.3, 0.4) is 0 Å². The highest BCUT2D eigenvalue weighted by atomic mass is 35.5. The Kier molecular flexibility index (Phi) is 4.96. The van der Waals surface area contributed by atoms with Crippen molar-refractivity contribution in [1.29, 1.82) is 0 Å². The summed E-state index contributed by atoms with van der Waals surface area (Å²) in [5, 5.41) is 8.23. The molecule has 1 fully saturated rings. The summed E-state index contributed by atoms with van der Waals surface area (Å²) in [6.45, 7) is 2.88. The molecular weight excluding hydrogens is 404 g/mol. The predicted octanol–water partition coefficient (Wildman–Crippen LogP) is 3.22. The number of aromatic amines is 1. The average molecular weight is 425 g/mol. The number of anilines is 1. The van der Waals surface area contributed by atoms with E-state index in [9.17, 15) is 4.79 Å². The van der Waals surface area contributed by atoms with E-state index in [1.54, 1.807) is 0 Å². The van der Waals surface area contributed by atoms with Gasteiger partial charge >= 0.3 is 0 Å². The summed E-state index contributed by atoms with van der Waals surface area (Å²) in [5.74, 6) is 2.14. The summed E-state index contributed by atoms with van der Waals surface area (Å²) < 4.78 is 11.5. The van der Waals surface area contributed by atoms with Crippen molar-refractivity contribution in [2.24, 2.45) is 0 Å². The topological polar surface area (TPSA) is 70.7 Å². The first kappa shape index (κ1) is 18.8. The van der Waals surface area contributed by atoms with Crippen molar-refractivity contribution in [1.82, 2.24) is 15.1 Å². The number of ether oxygens (including phenoxy) is 2. The van der Waals surface area contributed by atoms with Gasteiger partial charge in [-0.3, -0.25) is 9.89 Å². The molecule has 1 N–H and O–H groups in total. The van der Waals surface area contributed by atoms with Crippen LogP contribution in [0, 0.1) is 0 Å². The fourth-order valence-electron chi connectivity index (χ4n) is 3.75. The Hall–Kier alpha value is -3.19. The quantitative estimate of drug-likeness (QED) is 0.699. The van der Waals surface area contributed by atoms with Crippen LogP contribution < -0.4 is 14.4 Å². The second kappa shape index (κ2) is 7.91. The molecule has 154 valence electrons. The van der Waals surface area contributed by atoms with E-state index >= 15 is 0 Å². The Bertz CT molecular complexity index is 1040. The standard InChI is InChI=1S/C22H21ClN4O3/c23-16-7-5-15(6-8-16)17-13-21(25-24-17)26-9-11-27(12-10-26)22(28)20-14-29-18-3-1-2-4-19(18)30-20/h1-8,13,20H,9-12,14H2,(H,24,25)/t20-/m1/s1. The van der Waals surface area contributed by atoms with Crippen LogP contribution in [0.4, 0.5) is 5.82 Å². The maximum atomic E-state index is 12.9. The molecule has 3 heterocycles. The molecule has 7 nitrogen and oxygen atoms in total. The molecule has 0 bridgehead atoms. The van der Waals surface area contributed by atoms with E-state index in [4.69, 9.17) is 21.1 Å². The third-order valence-electron chi connectivity index (χ3n) is 5.42. The number of hydrogen-bond donors (Lipinski definition) is 1. The maximum Gasteiger partial charge on any atom is 0.267 e. The second-order valence-electron chi connectivity index (χ2n) is 7.32. The number of amides is 1. The average Bonchev–Trinajstić information content (AvgIpc) is 3.29. The Balaban J connectivity index is 1.20. The highest BCUT2D eigenvalue weighted by molar-refractivity contribution is 6.30. The van der Waals surface area contributed by atoms with Gasteiger partial charge in [-0.05, 0) is 29.8 Å². The van der Waals surface area contributed by atoms with Gasteiger partial charge in [-0.1, -0.05) is 35.9 Å². The minimum Gasteiger partial charge on any atom is -0.485 e. The number of piperazine rings is 1. The van der Waals surface area contributed by atoms with Crippen molar-refractivity contribution in [2.75, 3.05) is 37.7 Å². The molecule has 0 spiro atoms. The van der Waals surface area contributed by atoms with E-state index in [2.05, 4.69) is 15.1 Å². The first-order valence-corrected chi connectivity index (χ1v) is 10.3. The number of rotatable bonds is 3. The largest absolute Gasteiger partial charge is 0.485 e. The molecule has 0 aliphatic carbocycles. The van der Waals surface area contributed by atoms with Crippen LogP contribution in [-0.4, -0.2) is 59.9 Å². The Morgan fingerprint density at radius 1 is 1.03 bits per heavy atom. The van der Waals surface area contributed by atoms with Crippen molar-refractivity contribution < 1.29 is 14.3 Å². The lowest BCUT2D eigenvalue weighted by atomic mass is 10.1. The number of nitrogens with one attached hydrogen (secondary N) is 1. The van der Waals surface area contributed by atoms with Crippen LogP contribution in [-0.2, 0) is 4.79 Å². The van der Waals surface area contributed by atoms with Crippen LogP contribution in [0.15, 0.2) is 54.6 Å². The summed E-state index contributed by atoms with van der Waals surface area (Å²) >= 11 is 5.96. The van der Waals surface area contributed by atoms with E-state index in [-0.39, 0.29) is 12.5 Å². The van der Waals surface area contributed by atoms with E-state index in [1.807, 2.05) is 59.5 Å². The number of nitrogens with zero attached hydrogens (tertiary/aromatic N) is 3. The lowest BCUT2D eigenvalue weighted by molar-refractivity contribution is -0.141. The molecule has 8 heteroatoms. The van der Waals surface area contributed by atoms with Gasteiger partial charge in [-0.2, -0.15) is 5.10 Å². The van der Waals surface area contributed by atoms with Gasteiger partial charge in [0.1, 0.15) is 6.61 Å². The first-order chi connectivity index (χ1) is 14.7. The van der Waals surface area contributed by atoms with Crippen molar-refractivity contribution in [3.63, 3.8) is 0 Å². The van der Waals surface area contributed by atoms with Gasteiger partial charge in [-0.15, -0.1) is 0 Å². The van der Waals surface area contributed by atoms with E-state index in [0.717, 1.165) is 17.1 Å². The fraction of sp³-hybridized carbons (Fsp3) is 0.273. The molecule has 2 aromatic carbocycles. The Morgan fingerprint density at radius 3 is 2.53 bits per heavy atom. The van der Waals surface area contributed by atoms with Gasteiger partial charge in [0.15, 0.2) is 17.3 Å². The summed E-state index contributed by atoms with van der Waals surface area (Å²) in [7, 11) is 0. The molecule has 1 atom stereocenters. The number of aromatic nitrogens is 2. The summed E-state index contributed by atoms with van der Waals surface area (Å²) in [5.41, 5.74) is 1.97. The zero-order valence-corrected chi connectivity index (χ0v) is 17.0. The summed E-state index contributed by atoms with van der Waals surface area (Å²) in [6.07, 6.45) is -0.603. The number of fused-ring (bicyclic) bond motifs is 1. The normalized spacial score (nSPS) is 18.4. The zero-order valence-electron chi connectivity index (χ0n) is 16.3. The van der Waals surface area contributed by atoms with Crippen LogP contribution in [0.1, 0.15) is 0 Å². The monoisotopic (exact) mass is 424 g/mol. The molecule has 2 aliphatic heterocycles. The molecular formula is C22H21ClN4O3. The maximum absolute atomic E-state index is 12.9. The van der Waals surface area contributed by atoms with Crippen LogP contribution in [0.25, 0.3) is 11.3 Å². The number of benzene rings is 2. The van der Waals surface area contributed by atoms with Gasteiger partial charge in [0, 0.05) is 37.3 Å². The molecule has 2 aliphatic rings. The number of halogens is 1. The van der Waals surface area contributed by atoms with Crippen LogP contribution >= 0.6 is 11.6 Å². The predicted molar refractivity (Wildman–Crippen MR) is 114 cm³/mol. The van der Waals surface area contributed by atoms with Gasteiger partial charge in [0.25, 0.3) is 5.91 Å². The molecule has 1 aromatic heterocycles. The second-order valence-corrected chi connectivity index (χ2v) is 7.76. The Labute approximate surface area is 179 Å². The molecule has 3 aromatic rings. The molecule has 0 saturated carbocycles. The van der Waals surface area contributed by atoms with Gasteiger partial charge in [0.05, 0.1) is 5.69 Å². The van der Waals surface area contributed by atoms with Crippen molar-refractivity contribution >= 4 is 23.3 Å². The van der Waals surface area contributed by atoms with Gasteiger partial charge in [0.2, 0.25) is 6.10 Å². The summed E-state index contributed by atoms with van der Waals surface area (Å²) in [6, 6.07) is 17.1. The number of hydrogen-bond acceptors (Lipinski definition) is 5. The van der Waals surface area contributed by atoms with Crippen LogP contribution in [0.5, 0.6) is 11.5 Å². The van der Waals surface area contributed by atoms with Crippen LogP contribution in [0.2, 0.25) is 5.02 Å². The van der Waals surface area contributed by atoms with Gasteiger partial charge < -0.3 is 19.3 Å². The number of H-pyrrole nitrogens is 1. The third-order valence-corrected chi connectivity index (χ3v) is 5.67. The highest BCUT2D eigenvalue weighted by Crippen LogP contribution is 2.31. The van der Waals surface area contributed by atoms with Crippen molar-refractivity contribution in [2.45, 2.75) is 6.10 Å². The molecule has 1 saturated heterocycles. The minimum absolute atomic E-state index is 0.0342. The third kappa shape index (κ3) is 3.68. The van der Waals surface area contributed by atoms with E-state index in [0.29, 0.717) is 42.7 Å². The fourth-order valence-corrected chi connectivity index (χ4v) is 3.88. The minimum atomic E-state index is -0.603. The van der Waals surface area contributed by atoms with E-state index in [1.165, 1.54) is 0 Å². The molecule has 0 radical (unpaired) electrons. The number of carbonyl (C=O) groups excluding carboxylic acids is 1. The first-order valence-electron chi connectivity index (χ1n) is 9.91.